The van der Waals surface area contributed by atoms with Crippen LogP contribution in [0.2, 0.25) is 0 Å². The van der Waals surface area contributed by atoms with Crippen LogP contribution in [0.15, 0.2) is 29.4 Å². The van der Waals surface area contributed by atoms with Gasteiger partial charge in [-0.3, -0.25) is 5.01 Å². The summed E-state index contributed by atoms with van der Waals surface area (Å²) in [6, 6.07) is 6.39. The maximum Gasteiger partial charge on any atom is 0.354 e. The average Bonchev–Trinajstić information content (AvgIpc) is 3.18. The number of esters is 1. The highest BCUT2D eigenvalue weighted by atomic mass is 19.1. The van der Waals surface area contributed by atoms with Gasteiger partial charge in [0, 0.05) is 6.42 Å². The van der Waals surface area contributed by atoms with Gasteiger partial charge in [0.05, 0.1) is 18.8 Å². The van der Waals surface area contributed by atoms with Crippen molar-refractivity contribution in [1.29, 1.82) is 0 Å². The Labute approximate surface area is 110 Å². The van der Waals surface area contributed by atoms with E-state index in [0.29, 0.717) is 18.1 Å². The standard InChI is InChI=1S/C14H15FN2O2/c1-19-14(18)12-8-13(9-2-3-9)17(16-12)11-6-4-10(15)5-7-11/h4-7,9,13H,2-3,8H2,1H3. The summed E-state index contributed by atoms with van der Waals surface area (Å²) in [7, 11) is 1.36. The Bertz CT molecular complexity index is 523. The quantitative estimate of drug-likeness (QED) is 0.785. The number of benzene rings is 1. The fourth-order valence-corrected chi connectivity index (χ4v) is 2.46. The van der Waals surface area contributed by atoms with Gasteiger partial charge in [0.2, 0.25) is 0 Å². The Morgan fingerprint density at radius 1 is 1.37 bits per heavy atom. The summed E-state index contributed by atoms with van der Waals surface area (Å²) in [6.07, 6.45) is 2.92. The Morgan fingerprint density at radius 3 is 2.63 bits per heavy atom. The molecular weight excluding hydrogens is 247 g/mol. The molecule has 0 bridgehead atoms. The van der Waals surface area contributed by atoms with E-state index in [9.17, 15) is 9.18 Å². The van der Waals surface area contributed by atoms with Gasteiger partial charge in [-0.2, -0.15) is 5.10 Å². The van der Waals surface area contributed by atoms with Crippen molar-refractivity contribution in [3.8, 4) is 0 Å². The zero-order valence-corrected chi connectivity index (χ0v) is 10.7. The molecule has 1 aliphatic heterocycles. The van der Waals surface area contributed by atoms with Gasteiger partial charge >= 0.3 is 5.97 Å². The monoisotopic (exact) mass is 262 g/mol. The SMILES string of the molecule is COC(=O)C1=NN(c2ccc(F)cc2)C(C2CC2)C1. The van der Waals surface area contributed by atoms with Crippen molar-refractivity contribution >= 4 is 17.4 Å². The molecule has 0 N–H and O–H groups in total. The van der Waals surface area contributed by atoms with E-state index in [0.717, 1.165) is 18.5 Å². The number of methoxy groups -OCH3 is 1. The zero-order valence-electron chi connectivity index (χ0n) is 10.7. The van der Waals surface area contributed by atoms with Crippen molar-refractivity contribution in [1.82, 2.24) is 0 Å². The molecule has 2 aliphatic rings. The summed E-state index contributed by atoms with van der Waals surface area (Å²) in [5.74, 6) is -0.0886. The summed E-state index contributed by atoms with van der Waals surface area (Å²) in [5, 5.41) is 6.19. The first kappa shape index (κ1) is 12.1. The van der Waals surface area contributed by atoms with Crippen molar-refractivity contribution in [2.24, 2.45) is 11.0 Å². The van der Waals surface area contributed by atoms with Crippen LogP contribution in [0.25, 0.3) is 0 Å². The molecule has 100 valence electrons. The van der Waals surface area contributed by atoms with Gasteiger partial charge in [0.15, 0.2) is 0 Å². The molecule has 19 heavy (non-hydrogen) atoms. The lowest BCUT2D eigenvalue weighted by molar-refractivity contribution is -0.132. The molecule has 4 nitrogen and oxygen atoms in total. The molecule has 1 aromatic rings. The van der Waals surface area contributed by atoms with Crippen molar-refractivity contribution in [2.75, 3.05) is 12.1 Å². The van der Waals surface area contributed by atoms with Crippen LogP contribution in [-0.4, -0.2) is 24.8 Å². The Hall–Kier alpha value is -1.91. The topological polar surface area (TPSA) is 41.9 Å². The molecule has 1 atom stereocenters. The number of carbonyl (C=O) groups excluding carboxylic acids is 1. The predicted molar refractivity (Wildman–Crippen MR) is 69.5 cm³/mol. The number of ether oxygens (including phenoxy) is 1. The van der Waals surface area contributed by atoms with Crippen molar-refractivity contribution in [3.63, 3.8) is 0 Å². The van der Waals surface area contributed by atoms with Crippen molar-refractivity contribution < 1.29 is 13.9 Å². The summed E-state index contributed by atoms with van der Waals surface area (Å²) in [4.78, 5) is 11.6. The van der Waals surface area contributed by atoms with Gasteiger partial charge < -0.3 is 4.74 Å². The molecule has 0 saturated heterocycles. The highest BCUT2D eigenvalue weighted by molar-refractivity contribution is 6.37. The lowest BCUT2D eigenvalue weighted by atomic mass is 10.1. The smallest absolute Gasteiger partial charge is 0.354 e. The molecule has 0 amide bonds. The number of hydrogen-bond donors (Lipinski definition) is 0. The molecule has 1 saturated carbocycles. The Morgan fingerprint density at radius 2 is 2.05 bits per heavy atom. The molecule has 0 aromatic heterocycles. The molecule has 1 aliphatic carbocycles. The van der Waals surface area contributed by atoms with E-state index in [4.69, 9.17) is 4.74 Å². The van der Waals surface area contributed by atoms with E-state index in [-0.39, 0.29) is 17.8 Å². The van der Waals surface area contributed by atoms with Crippen LogP contribution in [0.1, 0.15) is 19.3 Å². The number of hydrogen-bond acceptors (Lipinski definition) is 4. The molecule has 5 heteroatoms. The fourth-order valence-electron chi connectivity index (χ4n) is 2.46. The average molecular weight is 262 g/mol. The van der Waals surface area contributed by atoms with Crippen LogP contribution in [0.5, 0.6) is 0 Å². The molecule has 3 rings (SSSR count). The van der Waals surface area contributed by atoms with Crippen molar-refractivity contribution in [2.45, 2.75) is 25.3 Å². The number of hydrazone groups is 1. The molecule has 1 heterocycles. The third-order valence-corrected chi connectivity index (χ3v) is 3.62. The van der Waals surface area contributed by atoms with Gasteiger partial charge in [-0.15, -0.1) is 0 Å². The number of nitrogens with zero attached hydrogens (tertiary/aromatic N) is 2. The van der Waals surface area contributed by atoms with E-state index < -0.39 is 0 Å². The van der Waals surface area contributed by atoms with E-state index in [1.54, 1.807) is 12.1 Å². The first-order valence-electron chi connectivity index (χ1n) is 6.39. The van der Waals surface area contributed by atoms with Gasteiger partial charge in [-0.25, -0.2) is 9.18 Å². The minimum absolute atomic E-state index is 0.194. The highest BCUT2D eigenvalue weighted by Crippen LogP contribution is 2.41. The number of halogens is 1. The lowest BCUT2D eigenvalue weighted by Crippen LogP contribution is -2.28. The number of anilines is 1. The second-order valence-electron chi connectivity index (χ2n) is 4.97. The minimum Gasteiger partial charge on any atom is -0.464 e. The maximum atomic E-state index is 13.0. The molecular formula is C14H15FN2O2. The Balaban J connectivity index is 1.89. The van der Waals surface area contributed by atoms with Crippen molar-refractivity contribution in [3.05, 3.63) is 30.1 Å². The third-order valence-electron chi connectivity index (χ3n) is 3.62. The fraction of sp³-hybridized carbons (Fsp3) is 0.429. The van der Waals surface area contributed by atoms with Crippen LogP contribution < -0.4 is 5.01 Å². The van der Waals surface area contributed by atoms with E-state index in [2.05, 4.69) is 5.10 Å². The summed E-state index contributed by atoms with van der Waals surface area (Å²) < 4.78 is 17.7. The molecule has 1 unspecified atom stereocenters. The molecule has 1 fully saturated rings. The zero-order chi connectivity index (χ0) is 13.4. The number of carbonyl (C=O) groups is 1. The molecule has 0 spiro atoms. The van der Waals surface area contributed by atoms with Crippen LogP contribution in [0.3, 0.4) is 0 Å². The predicted octanol–water partition coefficient (Wildman–Crippen LogP) is 2.34. The first-order valence-corrected chi connectivity index (χ1v) is 6.39. The summed E-state index contributed by atoms with van der Waals surface area (Å²) in [6.45, 7) is 0. The van der Waals surface area contributed by atoms with Crippen LogP contribution in [0.4, 0.5) is 10.1 Å². The minimum atomic E-state index is -0.379. The van der Waals surface area contributed by atoms with Gasteiger partial charge in [-0.05, 0) is 43.0 Å². The second kappa shape index (κ2) is 4.64. The van der Waals surface area contributed by atoms with Crippen LogP contribution in [-0.2, 0) is 9.53 Å². The lowest BCUT2D eigenvalue weighted by Gasteiger charge is -2.23. The van der Waals surface area contributed by atoms with E-state index in [1.807, 2.05) is 5.01 Å². The third kappa shape index (κ3) is 2.32. The molecule has 1 aromatic carbocycles. The highest BCUT2D eigenvalue weighted by Gasteiger charge is 2.41. The van der Waals surface area contributed by atoms with E-state index >= 15 is 0 Å². The normalized spacial score (nSPS) is 22.3. The van der Waals surface area contributed by atoms with Gasteiger partial charge in [0.25, 0.3) is 0 Å². The van der Waals surface area contributed by atoms with E-state index in [1.165, 1.54) is 19.2 Å². The van der Waals surface area contributed by atoms with Gasteiger partial charge in [-0.1, -0.05) is 0 Å². The van der Waals surface area contributed by atoms with Crippen LogP contribution in [0, 0.1) is 11.7 Å². The maximum absolute atomic E-state index is 13.0. The number of rotatable bonds is 3. The first-order chi connectivity index (χ1) is 9.19. The van der Waals surface area contributed by atoms with Crippen LogP contribution >= 0.6 is 0 Å². The summed E-state index contributed by atoms with van der Waals surface area (Å²) in [5.41, 5.74) is 1.26. The molecule has 0 radical (unpaired) electrons. The van der Waals surface area contributed by atoms with Gasteiger partial charge in [0.1, 0.15) is 11.5 Å². The summed E-state index contributed by atoms with van der Waals surface area (Å²) >= 11 is 0. The largest absolute Gasteiger partial charge is 0.464 e. The second-order valence-corrected chi connectivity index (χ2v) is 4.97. The Kier molecular flexibility index (Phi) is 2.97.